The fourth-order valence-electron chi connectivity index (χ4n) is 2.20. The zero-order chi connectivity index (χ0) is 14.2. The van der Waals surface area contributed by atoms with Crippen molar-refractivity contribution in [3.63, 3.8) is 0 Å². The summed E-state index contributed by atoms with van der Waals surface area (Å²) in [7, 11) is -3.83. The van der Waals surface area contributed by atoms with E-state index in [1.165, 1.54) is 16.4 Å². The monoisotopic (exact) mass is 343 g/mol. The van der Waals surface area contributed by atoms with Crippen molar-refractivity contribution in [1.82, 2.24) is 4.31 Å². The first kappa shape index (κ1) is 15.4. The third kappa shape index (κ3) is 2.86. The highest BCUT2D eigenvalue weighted by atomic mass is 35.5. The summed E-state index contributed by atoms with van der Waals surface area (Å²) in [6, 6.07) is 2.26. The van der Waals surface area contributed by atoms with Crippen molar-refractivity contribution in [2.24, 2.45) is 0 Å². The molecule has 1 aromatic rings. The van der Waals surface area contributed by atoms with Crippen molar-refractivity contribution in [1.29, 1.82) is 0 Å². The zero-order valence-electron chi connectivity index (χ0n) is 9.81. The average molecular weight is 345 g/mol. The molecule has 2 rings (SSSR count). The molecule has 1 atom stereocenters. The Morgan fingerprint density at radius 3 is 2.37 bits per heavy atom. The van der Waals surface area contributed by atoms with Gasteiger partial charge in [0.05, 0.1) is 16.7 Å². The number of aliphatic hydroxyl groups excluding tert-OH is 1. The lowest BCUT2D eigenvalue weighted by Crippen LogP contribution is -2.37. The first-order valence-corrected chi connectivity index (χ1v) is 8.22. The first-order valence-electron chi connectivity index (χ1n) is 5.65. The molecule has 1 aliphatic rings. The van der Waals surface area contributed by atoms with Crippen LogP contribution >= 0.6 is 34.8 Å². The lowest BCUT2D eigenvalue weighted by molar-refractivity contribution is 0.213. The van der Waals surface area contributed by atoms with E-state index in [4.69, 9.17) is 34.8 Å². The SMILES string of the molecule is O=S(=O)(c1c(Cl)cc(Cl)cc1Cl)N1CCC[C@H]1CO. The molecule has 106 valence electrons. The van der Waals surface area contributed by atoms with Gasteiger partial charge < -0.3 is 5.11 Å². The highest BCUT2D eigenvalue weighted by Crippen LogP contribution is 2.36. The Kier molecular flexibility index (Phi) is 4.65. The summed E-state index contributed by atoms with van der Waals surface area (Å²) in [5.41, 5.74) is 0. The van der Waals surface area contributed by atoms with Crippen molar-refractivity contribution in [2.45, 2.75) is 23.8 Å². The molecular formula is C11H12Cl3NO3S. The first-order chi connectivity index (χ1) is 8.87. The number of hydrogen-bond acceptors (Lipinski definition) is 3. The van der Waals surface area contributed by atoms with E-state index in [1.54, 1.807) is 0 Å². The van der Waals surface area contributed by atoms with E-state index in [0.717, 1.165) is 0 Å². The molecular weight excluding hydrogens is 333 g/mol. The minimum atomic E-state index is -3.83. The number of hydrogen-bond donors (Lipinski definition) is 1. The van der Waals surface area contributed by atoms with Gasteiger partial charge in [-0.2, -0.15) is 4.31 Å². The van der Waals surface area contributed by atoms with E-state index >= 15 is 0 Å². The fraction of sp³-hybridized carbons (Fsp3) is 0.455. The minimum absolute atomic E-state index is 0.0129. The van der Waals surface area contributed by atoms with Crippen LogP contribution in [-0.4, -0.2) is 37.0 Å². The van der Waals surface area contributed by atoms with E-state index in [-0.39, 0.29) is 26.6 Å². The summed E-state index contributed by atoms with van der Waals surface area (Å²) >= 11 is 17.7. The van der Waals surface area contributed by atoms with Gasteiger partial charge in [-0.1, -0.05) is 34.8 Å². The third-order valence-corrected chi connectivity index (χ3v) is 6.16. The number of sulfonamides is 1. The zero-order valence-corrected chi connectivity index (χ0v) is 12.9. The van der Waals surface area contributed by atoms with Crippen LogP contribution in [0, 0.1) is 0 Å². The van der Waals surface area contributed by atoms with Gasteiger partial charge in [0.2, 0.25) is 10.0 Å². The van der Waals surface area contributed by atoms with Crippen LogP contribution < -0.4 is 0 Å². The van der Waals surface area contributed by atoms with Crippen LogP contribution in [-0.2, 0) is 10.0 Å². The molecule has 4 nitrogen and oxygen atoms in total. The molecule has 0 radical (unpaired) electrons. The molecule has 1 fully saturated rings. The normalized spacial score (nSPS) is 20.9. The predicted molar refractivity (Wildman–Crippen MR) is 75.5 cm³/mol. The largest absolute Gasteiger partial charge is 0.395 e. The summed E-state index contributed by atoms with van der Waals surface area (Å²) in [6.45, 7) is 0.130. The summed E-state index contributed by atoms with van der Waals surface area (Å²) in [5, 5.41) is 9.48. The van der Waals surface area contributed by atoms with Gasteiger partial charge in [0.15, 0.2) is 0 Å². The Morgan fingerprint density at radius 1 is 1.26 bits per heavy atom. The number of rotatable bonds is 3. The van der Waals surface area contributed by atoms with Gasteiger partial charge in [-0.05, 0) is 25.0 Å². The smallest absolute Gasteiger partial charge is 0.246 e. The summed E-state index contributed by atoms with van der Waals surface area (Å²) in [4.78, 5) is -0.152. The molecule has 0 spiro atoms. The van der Waals surface area contributed by atoms with Gasteiger partial charge in [0.25, 0.3) is 0 Å². The maximum atomic E-state index is 12.6. The van der Waals surface area contributed by atoms with Crippen LogP contribution in [0.1, 0.15) is 12.8 Å². The average Bonchev–Trinajstić information content (AvgIpc) is 2.75. The Labute approximate surface area is 126 Å². The Bertz CT molecular complexity index is 568. The molecule has 8 heteroatoms. The van der Waals surface area contributed by atoms with E-state index in [9.17, 15) is 13.5 Å². The Hall–Kier alpha value is -0.0400. The van der Waals surface area contributed by atoms with Crippen LogP contribution in [0.3, 0.4) is 0 Å². The second-order valence-electron chi connectivity index (χ2n) is 4.29. The van der Waals surface area contributed by atoms with Gasteiger partial charge in [-0.25, -0.2) is 8.42 Å². The Morgan fingerprint density at radius 2 is 1.84 bits per heavy atom. The Balaban J connectivity index is 2.51. The summed E-state index contributed by atoms with van der Waals surface area (Å²) < 4.78 is 26.4. The van der Waals surface area contributed by atoms with Crippen molar-refractivity contribution in [3.8, 4) is 0 Å². The number of benzene rings is 1. The lowest BCUT2D eigenvalue weighted by Gasteiger charge is -2.23. The van der Waals surface area contributed by atoms with E-state index in [1.807, 2.05) is 0 Å². The van der Waals surface area contributed by atoms with Crippen molar-refractivity contribution in [3.05, 3.63) is 27.2 Å². The summed E-state index contributed by atoms with van der Waals surface area (Å²) in [5.74, 6) is 0. The molecule has 0 bridgehead atoms. The summed E-state index contributed by atoms with van der Waals surface area (Å²) in [6.07, 6.45) is 1.33. The molecule has 0 aromatic heterocycles. The van der Waals surface area contributed by atoms with E-state index in [2.05, 4.69) is 0 Å². The van der Waals surface area contributed by atoms with Crippen LogP contribution in [0.25, 0.3) is 0 Å². The van der Waals surface area contributed by atoms with Crippen molar-refractivity contribution in [2.75, 3.05) is 13.2 Å². The van der Waals surface area contributed by atoms with Crippen molar-refractivity contribution >= 4 is 44.8 Å². The van der Waals surface area contributed by atoms with E-state index in [0.29, 0.717) is 19.4 Å². The van der Waals surface area contributed by atoms with Crippen molar-refractivity contribution < 1.29 is 13.5 Å². The third-order valence-electron chi connectivity index (χ3n) is 3.06. The van der Waals surface area contributed by atoms with Crippen LogP contribution in [0.2, 0.25) is 15.1 Å². The highest BCUT2D eigenvalue weighted by Gasteiger charge is 2.37. The van der Waals surface area contributed by atoms with E-state index < -0.39 is 16.1 Å². The molecule has 1 aliphatic heterocycles. The molecule has 1 heterocycles. The number of nitrogens with zero attached hydrogens (tertiary/aromatic N) is 1. The fourth-order valence-corrected chi connectivity index (χ4v) is 5.38. The van der Waals surface area contributed by atoms with Gasteiger partial charge in [0.1, 0.15) is 4.90 Å². The highest BCUT2D eigenvalue weighted by molar-refractivity contribution is 7.89. The molecule has 0 aliphatic carbocycles. The molecule has 1 N–H and O–H groups in total. The number of halogens is 3. The second-order valence-corrected chi connectivity index (χ2v) is 7.37. The van der Waals surface area contributed by atoms with Gasteiger partial charge in [-0.15, -0.1) is 0 Å². The molecule has 0 unspecified atom stereocenters. The van der Waals surface area contributed by atoms with Crippen LogP contribution in [0.15, 0.2) is 17.0 Å². The molecule has 19 heavy (non-hydrogen) atoms. The maximum Gasteiger partial charge on any atom is 0.246 e. The standard InChI is InChI=1S/C11H12Cl3NO3S/c12-7-4-9(13)11(10(14)5-7)19(17,18)15-3-1-2-8(15)6-16/h4-5,8,16H,1-3,6H2/t8-/m0/s1. The maximum absolute atomic E-state index is 12.6. The van der Waals surface area contributed by atoms with Gasteiger partial charge in [-0.3, -0.25) is 0 Å². The molecule has 1 saturated heterocycles. The van der Waals surface area contributed by atoms with Gasteiger partial charge in [0, 0.05) is 17.6 Å². The molecule has 1 aromatic carbocycles. The minimum Gasteiger partial charge on any atom is -0.395 e. The van der Waals surface area contributed by atoms with Crippen LogP contribution in [0.5, 0.6) is 0 Å². The predicted octanol–water partition coefficient (Wildman–Crippen LogP) is 2.79. The second kappa shape index (κ2) is 5.76. The van der Waals surface area contributed by atoms with Gasteiger partial charge >= 0.3 is 0 Å². The molecule has 0 saturated carbocycles. The molecule has 0 amide bonds. The quantitative estimate of drug-likeness (QED) is 0.917. The lowest BCUT2D eigenvalue weighted by atomic mass is 10.2. The topological polar surface area (TPSA) is 57.6 Å². The number of aliphatic hydroxyl groups is 1. The van der Waals surface area contributed by atoms with Crippen LogP contribution in [0.4, 0.5) is 0 Å².